The van der Waals surface area contributed by atoms with Gasteiger partial charge in [0, 0.05) is 14.8 Å². The zero-order valence-electron chi connectivity index (χ0n) is 11.3. The predicted octanol–water partition coefficient (Wildman–Crippen LogP) is 3.44. The first kappa shape index (κ1) is 16.0. The number of aromatic nitrogens is 1. The van der Waals surface area contributed by atoms with E-state index in [4.69, 9.17) is 17.4 Å². The average molecular weight is 417 g/mol. The molecule has 5 nitrogen and oxygen atoms in total. The van der Waals surface area contributed by atoms with Crippen LogP contribution in [-0.2, 0) is 6.42 Å². The highest BCUT2D eigenvalue weighted by molar-refractivity contribution is 14.1. The number of amides is 1. The van der Waals surface area contributed by atoms with Gasteiger partial charge in [0.25, 0.3) is 5.91 Å². The lowest BCUT2D eigenvalue weighted by atomic mass is 10.1. The van der Waals surface area contributed by atoms with Gasteiger partial charge in [0.05, 0.1) is 10.7 Å². The largest absolute Gasteiger partial charge is 0.321 e. The summed E-state index contributed by atoms with van der Waals surface area (Å²) < 4.78 is 1.00. The zero-order valence-corrected chi connectivity index (χ0v) is 14.2. The van der Waals surface area contributed by atoms with Crippen LogP contribution < -0.4 is 16.6 Å². The first-order valence-corrected chi connectivity index (χ1v) is 7.73. The number of hydrogen-bond donors (Lipinski definition) is 3. The van der Waals surface area contributed by atoms with Crippen LogP contribution in [0.25, 0.3) is 0 Å². The maximum absolute atomic E-state index is 12.3. The van der Waals surface area contributed by atoms with Crippen molar-refractivity contribution in [2.45, 2.75) is 13.3 Å². The molecule has 0 aliphatic carbocycles. The molecule has 0 fully saturated rings. The molecular formula is C14H14ClIN4O. The predicted molar refractivity (Wildman–Crippen MR) is 93.5 cm³/mol. The van der Waals surface area contributed by atoms with E-state index in [1.54, 1.807) is 24.3 Å². The monoisotopic (exact) mass is 416 g/mol. The van der Waals surface area contributed by atoms with E-state index in [9.17, 15) is 4.79 Å². The highest BCUT2D eigenvalue weighted by atomic mass is 127. The molecule has 0 saturated carbocycles. The van der Waals surface area contributed by atoms with Gasteiger partial charge in [-0.15, -0.1) is 0 Å². The fraction of sp³-hybridized carbons (Fsp3) is 0.143. The molecule has 0 aliphatic heterocycles. The van der Waals surface area contributed by atoms with E-state index in [0.717, 1.165) is 9.26 Å². The third-order valence-electron chi connectivity index (χ3n) is 2.83. The standard InChI is InChI=1S/C14H14ClIN4O/c1-2-10-5-8(6-13(18-10)20-17)14(21)19-12-4-3-9(16)7-11(12)15/h3-7H,2,17H2,1H3,(H,18,20)(H,19,21). The molecule has 0 aliphatic rings. The second-order valence-corrected chi connectivity index (χ2v) is 5.96. The highest BCUT2D eigenvalue weighted by Gasteiger charge is 2.11. The molecule has 1 amide bonds. The maximum Gasteiger partial charge on any atom is 0.255 e. The van der Waals surface area contributed by atoms with Crippen molar-refractivity contribution in [2.75, 3.05) is 10.7 Å². The normalized spacial score (nSPS) is 10.3. The first-order chi connectivity index (χ1) is 10.0. The van der Waals surface area contributed by atoms with Crippen molar-refractivity contribution in [3.05, 3.63) is 50.2 Å². The quantitative estimate of drug-likeness (QED) is 0.405. The fourth-order valence-corrected chi connectivity index (χ4v) is 2.66. The number of rotatable bonds is 4. The van der Waals surface area contributed by atoms with Gasteiger partial charge < -0.3 is 10.7 Å². The van der Waals surface area contributed by atoms with Crippen molar-refractivity contribution in [1.82, 2.24) is 4.98 Å². The number of halogens is 2. The molecule has 7 heteroatoms. The number of pyridine rings is 1. The Hall–Kier alpha value is -1.38. The minimum Gasteiger partial charge on any atom is -0.321 e. The van der Waals surface area contributed by atoms with Crippen LogP contribution >= 0.6 is 34.2 Å². The van der Waals surface area contributed by atoms with Crippen molar-refractivity contribution >= 4 is 51.6 Å². The maximum atomic E-state index is 12.3. The third-order valence-corrected chi connectivity index (χ3v) is 3.81. The van der Waals surface area contributed by atoms with Gasteiger partial charge in [-0.05, 0) is 59.3 Å². The first-order valence-electron chi connectivity index (χ1n) is 6.27. The number of anilines is 2. The molecule has 2 aromatic rings. The number of hydrogen-bond acceptors (Lipinski definition) is 4. The Bertz CT molecular complexity index is 656. The fourth-order valence-electron chi connectivity index (χ4n) is 1.76. The number of aryl methyl sites for hydroxylation is 1. The molecule has 0 spiro atoms. The molecule has 0 bridgehead atoms. The number of nitrogens with two attached hydrogens (primary N) is 1. The smallest absolute Gasteiger partial charge is 0.255 e. The van der Waals surface area contributed by atoms with Crippen LogP contribution in [0.1, 0.15) is 23.0 Å². The molecule has 0 saturated heterocycles. The van der Waals surface area contributed by atoms with Crippen molar-refractivity contribution in [2.24, 2.45) is 5.84 Å². The summed E-state index contributed by atoms with van der Waals surface area (Å²) in [5.74, 6) is 5.56. The van der Waals surface area contributed by atoms with Gasteiger partial charge >= 0.3 is 0 Å². The van der Waals surface area contributed by atoms with Gasteiger partial charge in [-0.1, -0.05) is 18.5 Å². The molecule has 110 valence electrons. The Morgan fingerprint density at radius 2 is 2.14 bits per heavy atom. The third kappa shape index (κ3) is 4.05. The van der Waals surface area contributed by atoms with E-state index in [2.05, 4.69) is 38.3 Å². The number of hydrazine groups is 1. The molecule has 0 atom stereocenters. The molecule has 21 heavy (non-hydrogen) atoms. The Balaban J connectivity index is 2.27. The number of benzene rings is 1. The second-order valence-electron chi connectivity index (χ2n) is 4.31. The molecule has 1 heterocycles. The van der Waals surface area contributed by atoms with E-state index in [-0.39, 0.29) is 5.91 Å². The summed E-state index contributed by atoms with van der Waals surface area (Å²) in [7, 11) is 0. The summed E-state index contributed by atoms with van der Waals surface area (Å²) in [5, 5.41) is 3.28. The van der Waals surface area contributed by atoms with Crippen molar-refractivity contribution in [1.29, 1.82) is 0 Å². The lowest BCUT2D eigenvalue weighted by molar-refractivity contribution is 0.102. The van der Waals surface area contributed by atoms with Gasteiger partial charge in [0.1, 0.15) is 5.82 Å². The zero-order chi connectivity index (χ0) is 15.4. The van der Waals surface area contributed by atoms with Gasteiger partial charge in [0.2, 0.25) is 0 Å². The number of carbonyl (C=O) groups excluding carboxylic acids is 1. The summed E-state index contributed by atoms with van der Waals surface area (Å²) in [4.78, 5) is 16.6. The van der Waals surface area contributed by atoms with E-state index >= 15 is 0 Å². The highest BCUT2D eigenvalue weighted by Crippen LogP contribution is 2.24. The van der Waals surface area contributed by atoms with E-state index < -0.39 is 0 Å². The topological polar surface area (TPSA) is 80.0 Å². The summed E-state index contributed by atoms with van der Waals surface area (Å²) in [6.07, 6.45) is 0.708. The molecule has 2 rings (SSSR count). The number of nitrogen functional groups attached to an aromatic ring is 1. The summed E-state index contributed by atoms with van der Waals surface area (Å²) in [5.41, 5.74) is 4.29. The molecule has 0 unspecified atom stereocenters. The minimum absolute atomic E-state index is 0.258. The molecule has 4 N–H and O–H groups in total. The van der Waals surface area contributed by atoms with Crippen molar-refractivity contribution < 1.29 is 4.79 Å². The Morgan fingerprint density at radius 3 is 2.76 bits per heavy atom. The molecule has 0 radical (unpaired) electrons. The van der Waals surface area contributed by atoms with Crippen molar-refractivity contribution in [3.8, 4) is 0 Å². The van der Waals surface area contributed by atoms with Crippen LogP contribution in [0.3, 0.4) is 0 Å². The molecular weight excluding hydrogens is 403 g/mol. The van der Waals surface area contributed by atoms with Crippen LogP contribution in [-0.4, -0.2) is 10.9 Å². The van der Waals surface area contributed by atoms with Gasteiger partial charge in [-0.3, -0.25) is 4.79 Å². The van der Waals surface area contributed by atoms with Crippen LogP contribution in [0, 0.1) is 3.57 Å². The Morgan fingerprint density at radius 1 is 1.38 bits per heavy atom. The van der Waals surface area contributed by atoms with Crippen molar-refractivity contribution in [3.63, 3.8) is 0 Å². The summed E-state index contributed by atoms with van der Waals surface area (Å²) in [6.45, 7) is 1.96. The molecule has 1 aromatic carbocycles. The Kier molecular flexibility index (Phi) is 5.38. The average Bonchev–Trinajstić information content (AvgIpc) is 2.49. The van der Waals surface area contributed by atoms with Crippen LogP contribution in [0.4, 0.5) is 11.5 Å². The SMILES string of the molecule is CCc1cc(C(=O)Nc2ccc(I)cc2Cl)cc(NN)n1. The lowest BCUT2D eigenvalue weighted by Gasteiger charge is -2.10. The van der Waals surface area contributed by atoms with E-state index in [1.165, 1.54) is 0 Å². The molecule has 1 aromatic heterocycles. The number of carbonyl (C=O) groups is 1. The number of nitrogens with zero attached hydrogens (tertiary/aromatic N) is 1. The number of nitrogens with one attached hydrogen (secondary N) is 2. The second kappa shape index (κ2) is 7.06. The van der Waals surface area contributed by atoms with Crippen LogP contribution in [0.5, 0.6) is 0 Å². The van der Waals surface area contributed by atoms with E-state index in [1.807, 2.05) is 13.0 Å². The van der Waals surface area contributed by atoms with Gasteiger partial charge in [-0.25, -0.2) is 10.8 Å². The van der Waals surface area contributed by atoms with E-state index in [0.29, 0.717) is 28.5 Å². The van der Waals surface area contributed by atoms with Gasteiger partial charge in [0.15, 0.2) is 0 Å². The van der Waals surface area contributed by atoms with Crippen LogP contribution in [0.15, 0.2) is 30.3 Å². The lowest BCUT2D eigenvalue weighted by Crippen LogP contribution is -2.15. The summed E-state index contributed by atoms with van der Waals surface area (Å²) in [6, 6.07) is 8.76. The summed E-state index contributed by atoms with van der Waals surface area (Å²) >= 11 is 8.27. The Labute approximate surface area is 141 Å². The minimum atomic E-state index is -0.258. The van der Waals surface area contributed by atoms with Gasteiger partial charge in [-0.2, -0.15) is 0 Å². The van der Waals surface area contributed by atoms with Crippen LogP contribution in [0.2, 0.25) is 5.02 Å².